The fourth-order valence-electron chi connectivity index (χ4n) is 4.84. The maximum absolute atomic E-state index is 13.7. The molecular formula is C26H34N2O3. The van der Waals surface area contributed by atoms with Gasteiger partial charge in [0.15, 0.2) is 0 Å². The molecule has 2 aromatic carbocycles. The topological polar surface area (TPSA) is 49.9 Å². The minimum Gasteiger partial charge on any atom is -0.340 e. The second-order valence-corrected chi connectivity index (χ2v) is 9.25. The standard InChI is InChI=1S/C26H34N2O3/c1-10-31-25-27(21-17(4)11-15(2)12-18(21)5)23(29)26(8,9)24(30)28(25)22-19(6)13-16(3)14-20(22)7/h11-14,25H,10H2,1-9H3. The van der Waals surface area contributed by atoms with Crippen LogP contribution in [-0.2, 0) is 14.3 Å². The van der Waals surface area contributed by atoms with E-state index in [1.54, 1.807) is 23.6 Å². The summed E-state index contributed by atoms with van der Waals surface area (Å²) < 4.78 is 6.14. The van der Waals surface area contributed by atoms with E-state index in [-0.39, 0.29) is 11.8 Å². The maximum atomic E-state index is 13.7. The molecule has 3 rings (SSSR count). The molecule has 1 aliphatic heterocycles. The van der Waals surface area contributed by atoms with Gasteiger partial charge in [-0.2, -0.15) is 0 Å². The van der Waals surface area contributed by atoms with Gasteiger partial charge in [0.05, 0.1) is 11.4 Å². The second kappa shape index (κ2) is 8.12. The fraction of sp³-hybridized carbons (Fsp3) is 0.462. The van der Waals surface area contributed by atoms with Gasteiger partial charge in [0.1, 0.15) is 5.41 Å². The molecule has 1 saturated heterocycles. The van der Waals surface area contributed by atoms with E-state index < -0.39 is 11.8 Å². The van der Waals surface area contributed by atoms with Crippen molar-refractivity contribution in [2.45, 2.75) is 68.7 Å². The van der Waals surface area contributed by atoms with Crippen LogP contribution in [0.15, 0.2) is 24.3 Å². The average molecular weight is 423 g/mol. The molecule has 0 spiro atoms. The van der Waals surface area contributed by atoms with Crippen molar-refractivity contribution in [1.82, 2.24) is 0 Å². The molecule has 0 unspecified atom stereocenters. The Morgan fingerprint density at radius 1 is 0.742 bits per heavy atom. The minimum atomic E-state index is -1.22. The van der Waals surface area contributed by atoms with Crippen molar-refractivity contribution in [3.8, 4) is 0 Å². The normalized spacial score (nSPS) is 16.9. The number of nitrogens with zero attached hydrogens (tertiary/aromatic N) is 2. The van der Waals surface area contributed by atoms with Crippen molar-refractivity contribution in [3.63, 3.8) is 0 Å². The highest BCUT2D eigenvalue weighted by molar-refractivity contribution is 6.20. The van der Waals surface area contributed by atoms with Crippen molar-refractivity contribution in [3.05, 3.63) is 57.6 Å². The molecule has 1 fully saturated rings. The summed E-state index contributed by atoms with van der Waals surface area (Å²) in [6, 6.07) is 8.26. The second-order valence-electron chi connectivity index (χ2n) is 9.25. The predicted molar refractivity (Wildman–Crippen MR) is 125 cm³/mol. The fourth-order valence-corrected chi connectivity index (χ4v) is 4.84. The molecule has 0 aliphatic carbocycles. The Kier molecular flexibility index (Phi) is 6.03. The zero-order chi connectivity index (χ0) is 23.2. The van der Waals surface area contributed by atoms with Gasteiger partial charge >= 0.3 is 0 Å². The van der Waals surface area contributed by atoms with Crippen molar-refractivity contribution in [2.24, 2.45) is 5.41 Å². The number of anilines is 2. The van der Waals surface area contributed by atoms with Gasteiger partial charge < -0.3 is 4.74 Å². The lowest BCUT2D eigenvalue weighted by molar-refractivity contribution is -0.146. The SMILES string of the molecule is CCOC1N(c2c(C)cc(C)cc2C)C(=O)C(C)(C)C(=O)N1c1c(C)cc(C)cc1C. The minimum absolute atomic E-state index is 0.246. The first kappa shape index (κ1) is 23.0. The first-order chi connectivity index (χ1) is 14.4. The molecule has 0 atom stereocenters. The van der Waals surface area contributed by atoms with Crippen LogP contribution >= 0.6 is 0 Å². The third-order valence-corrected chi connectivity index (χ3v) is 6.02. The number of ether oxygens (including phenoxy) is 1. The van der Waals surface area contributed by atoms with Crippen molar-refractivity contribution >= 4 is 23.2 Å². The highest BCUT2D eigenvalue weighted by atomic mass is 16.5. The van der Waals surface area contributed by atoms with Crippen LogP contribution in [-0.4, -0.2) is 24.8 Å². The summed E-state index contributed by atoms with van der Waals surface area (Å²) in [5.74, 6) is -0.491. The van der Waals surface area contributed by atoms with Crippen molar-refractivity contribution in [1.29, 1.82) is 0 Å². The van der Waals surface area contributed by atoms with Gasteiger partial charge in [-0.3, -0.25) is 19.4 Å². The van der Waals surface area contributed by atoms with Crippen LogP contribution in [0.5, 0.6) is 0 Å². The molecule has 2 amide bonds. The Balaban J connectivity index is 2.32. The number of rotatable bonds is 4. The van der Waals surface area contributed by atoms with Gasteiger partial charge in [-0.05, 0) is 84.6 Å². The van der Waals surface area contributed by atoms with Crippen molar-refractivity contribution < 1.29 is 14.3 Å². The van der Waals surface area contributed by atoms with Crippen LogP contribution in [0.25, 0.3) is 0 Å². The zero-order valence-corrected chi connectivity index (χ0v) is 20.2. The zero-order valence-electron chi connectivity index (χ0n) is 20.2. The summed E-state index contributed by atoms with van der Waals surface area (Å²) >= 11 is 0. The Bertz CT molecular complexity index is 929. The van der Waals surface area contributed by atoms with Gasteiger partial charge in [-0.15, -0.1) is 0 Å². The van der Waals surface area contributed by atoms with E-state index in [1.807, 2.05) is 48.5 Å². The van der Waals surface area contributed by atoms with E-state index in [0.29, 0.717) is 6.61 Å². The number of amides is 2. The summed E-state index contributed by atoms with van der Waals surface area (Å²) in [6.45, 7) is 17.8. The van der Waals surface area contributed by atoms with E-state index in [4.69, 9.17) is 4.74 Å². The van der Waals surface area contributed by atoms with E-state index >= 15 is 0 Å². The molecule has 0 N–H and O–H groups in total. The molecule has 1 aliphatic rings. The predicted octanol–water partition coefficient (Wildman–Crippen LogP) is 5.26. The lowest BCUT2D eigenvalue weighted by Crippen LogP contribution is -2.68. The molecule has 0 aromatic heterocycles. The third-order valence-electron chi connectivity index (χ3n) is 6.02. The van der Waals surface area contributed by atoms with Gasteiger partial charge in [0.25, 0.3) is 0 Å². The largest absolute Gasteiger partial charge is 0.340 e. The van der Waals surface area contributed by atoms with Crippen LogP contribution in [0.1, 0.15) is 54.2 Å². The molecule has 0 bridgehead atoms. The summed E-state index contributed by atoms with van der Waals surface area (Å²) in [7, 11) is 0. The Morgan fingerprint density at radius 2 is 1.06 bits per heavy atom. The highest BCUT2D eigenvalue weighted by Crippen LogP contribution is 2.42. The van der Waals surface area contributed by atoms with Gasteiger partial charge in [-0.25, -0.2) is 0 Å². The number of aryl methyl sites for hydroxylation is 6. The van der Waals surface area contributed by atoms with Crippen LogP contribution in [0.3, 0.4) is 0 Å². The molecule has 5 heteroatoms. The van der Waals surface area contributed by atoms with Gasteiger partial charge in [0.2, 0.25) is 18.2 Å². The summed E-state index contributed by atoms with van der Waals surface area (Å²) in [4.78, 5) is 30.8. The lowest BCUT2D eigenvalue weighted by atomic mass is 9.85. The summed E-state index contributed by atoms with van der Waals surface area (Å²) in [5.41, 5.74) is 6.60. The first-order valence-electron chi connectivity index (χ1n) is 10.9. The Morgan fingerprint density at radius 3 is 1.35 bits per heavy atom. The summed E-state index contributed by atoms with van der Waals surface area (Å²) in [5, 5.41) is 0. The number of hydrogen-bond acceptors (Lipinski definition) is 3. The van der Waals surface area contributed by atoms with E-state index in [0.717, 1.165) is 44.8 Å². The monoisotopic (exact) mass is 422 g/mol. The van der Waals surface area contributed by atoms with Gasteiger partial charge in [-0.1, -0.05) is 35.4 Å². The van der Waals surface area contributed by atoms with Crippen LogP contribution in [0, 0.1) is 47.0 Å². The van der Waals surface area contributed by atoms with E-state index in [2.05, 4.69) is 24.3 Å². The molecule has 5 nitrogen and oxygen atoms in total. The molecule has 166 valence electrons. The average Bonchev–Trinajstić information content (AvgIpc) is 2.64. The lowest BCUT2D eigenvalue weighted by Gasteiger charge is -2.49. The summed E-state index contributed by atoms with van der Waals surface area (Å²) in [6.07, 6.45) is -0.849. The van der Waals surface area contributed by atoms with E-state index in [1.165, 1.54) is 0 Å². The van der Waals surface area contributed by atoms with E-state index in [9.17, 15) is 9.59 Å². The molecule has 2 aromatic rings. The number of benzene rings is 2. The van der Waals surface area contributed by atoms with Gasteiger partial charge in [0, 0.05) is 6.61 Å². The van der Waals surface area contributed by atoms with Crippen LogP contribution < -0.4 is 9.80 Å². The number of carbonyl (C=O) groups excluding carboxylic acids is 2. The third kappa shape index (κ3) is 3.76. The molecule has 1 heterocycles. The smallest absolute Gasteiger partial charge is 0.245 e. The molecule has 0 saturated carbocycles. The number of hydrogen-bond donors (Lipinski definition) is 0. The highest BCUT2D eigenvalue weighted by Gasteiger charge is 2.54. The molecule has 31 heavy (non-hydrogen) atoms. The number of carbonyl (C=O) groups is 2. The first-order valence-corrected chi connectivity index (χ1v) is 10.9. The Labute approximate surface area is 186 Å². The molecular weight excluding hydrogens is 388 g/mol. The quantitative estimate of drug-likeness (QED) is 0.631. The molecule has 0 radical (unpaired) electrons. The Hall–Kier alpha value is -2.66. The van der Waals surface area contributed by atoms with Crippen molar-refractivity contribution in [2.75, 3.05) is 16.4 Å². The van der Waals surface area contributed by atoms with Crippen LogP contribution in [0.2, 0.25) is 0 Å². The maximum Gasteiger partial charge on any atom is 0.245 e. The van der Waals surface area contributed by atoms with Crippen LogP contribution in [0.4, 0.5) is 11.4 Å².